The molecule has 2 amide bonds. The number of pyridine rings is 1. The van der Waals surface area contributed by atoms with E-state index < -0.39 is 6.03 Å². The van der Waals surface area contributed by atoms with Gasteiger partial charge in [0.15, 0.2) is 12.2 Å². The van der Waals surface area contributed by atoms with Crippen molar-refractivity contribution in [2.24, 2.45) is 5.73 Å². The van der Waals surface area contributed by atoms with Gasteiger partial charge in [-0.3, -0.25) is 4.98 Å². The lowest BCUT2D eigenvalue weighted by Gasteiger charge is -2.02. The molecule has 0 radical (unpaired) electrons. The van der Waals surface area contributed by atoms with E-state index in [4.69, 9.17) is 10.2 Å². The van der Waals surface area contributed by atoms with E-state index in [1.165, 1.54) is 6.39 Å². The van der Waals surface area contributed by atoms with Gasteiger partial charge in [-0.2, -0.15) is 0 Å². The zero-order valence-corrected chi connectivity index (χ0v) is 8.38. The monoisotopic (exact) mass is 218 g/mol. The number of aromatic nitrogens is 2. The summed E-state index contributed by atoms with van der Waals surface area (Å²) in [4.78, 5) is 18.5. The zero-order valence-electron chi connectivity index (χ0n) is 8.38. The Hall–Kier alpha value is -2.37. The summed E-state index contributed by atoms with van der Waals surface area (Å²) in [6.07, 6.45) is 4.55. The van der Waals surface area contributed by atoms with Gasteiger partial charge in [0, 0.05) is 12.7 Å². The minimum atomic E-state index is -0.557. The summed E-state index contributed by atoms with van der Waals surface area (Å²) in [5, 5.41) is 2.50. The predicted molar refractivity (Wildman–Crippen MR) is 56.2 cm³/mol. The molecule has 6 heteroatoms. The number of urea groups is 1. The third-order valence-corrected chi connectivity index (χ3v) is 1.98. The van der Waals surface area contributed by atoms with Crippen LogP contribution >= 0.6 is 0 Å². The van der Waals surface area contributed by atoms with Gasteiger partial charge in [0.05, 0.1) is 6.20 Å². The summed E-state index contributed by atoms with van der Waals surface area (Å²) < 4.78 is 5.11. The molecule has 6 nitrogen and oxygen atoms in total. The molecule has 2 rings (SSSR count). The average Bonchev–Trinajstić information content (AvgIpc) is 2.80. The van der Waals surface area contributed by atoms with Gasteiger partial charge in [0.1, 0.15) is 5.69 Å². The zero-order chi connectivity index (χ0) is 11.4. The fourth-order valence-corrected chi connectivity index (χ4v) is 1.25. The Morgan fingerprint density at radius 2 is 2.44 bits per heavy atom. The number of oxazole rings is 1. The van der Waals surface area contributed by atoms with Crippen molar-refractivity contribution in [3.05, 3.63) is 36.5 Å². The van der Waals surface area contributed by atoms with Crippen LogP contribution in [0.5, 0.6) is 0 Å². The van der Waals surface area contributed by atoms with Crippen molar-refractivity contribution in [1.82, 2.24) is 15.3 Å². The van der Waals surface area contributed by atoms with Crippen LogP contribution in [0.2, 0.25) is 0 Å². The molecule has 2 aromatic heterocycles. The third kappa shape index (κ3) is 2.35. The Kier molecular flexibility index (Phi) is 2.81. The molecule has 0 aliphatic carbocycles. The molecule has 0 saturated heterocycles. The maximum Gasteiger partial charge on any atom is 0.312 e. The van der Waals surface area contributed by atoms with Crippen LogP contribution in [0.15, 0.2) is 35.3 Å². The lowest BCUT2D eigenvalue weighted by molar-refractivity contribution is 0.248. The van der Waals surface area contributed by atoms with E-state index in [9.17, 15) is 4.79 Å². The number of primary amides is 1. The van der Waals surface area contributed by atoms with E-state index in [0.29, 0.717) is 18.0 Å². The Morgan fingerprint density at radius 3 is 3.12 bits per heavy atom. The summed E-state index contributed by atoms with van der Waals surface area (Å²) in [7, 11) is 0. The largest absolute Gasteiger partial charge is 0.442 e. The van der Waals surface area contributed by atoms with E-state index in [-0.39, 0.29) is 0 Å². The van der Waals surface area contributed by atoms with Crippen LogP contribution in [0.1, 0.15) is 5.56 Å². The maximum atomic E-state index is 10.6. The number of carbonyl (C=O) groups excluding carboxylic acids is 1. The van der Waals surface area contributed by atoms with E-state index in [2.05, 4.69) is 15.3 Å². The summed E-state index contributed by atoms with van der Waals surface area (Å²) in [5.41, 5.74) is 6.54. The Morgan fingerprint density at radius 1 is 1.56 bits per heavy atom. The molecule has 0 aromatic carbocycles. The van der Waals surface area contributed by atoms with Gasteiger partial charge in [-0.25, -0.2) is 9.78 Å². The van der Waals surface area contributed by atoms with Crippen LogP contribution in [0.4, 0.5) is 4.79 Å². The first-order valence-electron chi connectivity index (χ1n) is 4.63. The first-order valence-corrected chi connectivity index (χ1v) is 4.63. The molecular weight excluding hydrogens is 208 g/mol. The summed E-state index contributed by atoms with van der Waals surface area (Å²) in [6.45, 7) is 0.360. The van der Waals surface area contributed by atoms with Crippen molar-refractivity contribution in [3.63, 3.8) is 0 Å². The van der Waals surface area contributed by atoms with Gasteiger partial charge >= 0.3 is 6.03 Å². The molecule has 0 unspecified atom stereocenters. The summed E-state index contributed by atoms with van der Waals surface area (Å²) >= 11 is 0. The van der Waals surface area contributed by atoms with Crippen molar-refractivity contribution in [3.8, 4) is 11.5 Å². The Bertz CT molecular complexity index is 481. The average molecular weight is 218 g/mol. The van der Waals surface area contributed by atoms with Gasteiger partial charge < -0.3 is 15.5 Å². The number of nitrogens with one attached hydrogen (secondary N) is 1. The Labute approximate surface area is 91.5 Å². The molecule has 16 heavy (non-hydrogen) atoms. The van der Waals surface area contributed by atoms with Crippen LogP contribution in [-0.2, 0) is 6.54 Å². The number of nitrogens with two attached hydrogens (primary N) is 1. The minimum absolute atomic E-state index is 0.360. The molecule has 0 atom stereocenters. The first kappa shape index (κ1) is 10.2. The van der Waals surface area contributed by atoms with Crippen LogP contribution in [0.3, 0.4) is 0 Å². The maximum absolute atomic E-state index is 10.6. The van der Waals surface area contributed by atoms with Crippen LogP contribution in [-0.4, -0.2) is 16.0 Å². The van der Waals surface area contributed by atoms with Crippen LogP contribution in [0.25, 0.3) is 11.5 Å². The topological polar surface area (TPSA) is 94.0 Å². The van der Waals surface area contributed by atoms with Crippen molar-refractivity contribution in [2.45, 2.75) is 6.54 Å². The number of hydrogen-bond donors (Lipinski definition) is 2. The highest BCUT2D eigenvalue weighted by Gasteiger charge is 2.04. The fourth-order valence-electron chi connectivity index (χ4n) is 1.25. The first-order chi connectivity index (χ1) is 7.75. The smallest absolute Gasteiger partial charge is 0.312 e. The molecule has 0 spiro atoms. The minimum Gasteiger partial charge on any atom is -0.442 e. The van der Waals surface area contributed by atoms with Crippen molar-refractivity contribution in [1.29, 1.82) is 0 Å². The van der Waals surface area contributed by atoms with E-state index in [1.807, 2.05) is 0 Å². The van der Waals surface area contributed by atoms with Crippen molar-refractivity contribution < 1.29 is 9.21 Å². The van der Waals surface area contributed by atoms with Gasteiger partial charge in [-0.15, -0.1) is 0 Å². The van der Waals surface area contributed by atoms with E-state index in [0.717, 1.165) is 5.56 Å². The van der Waals surface area contributed by atoms with Crippen LogP contribution in [0, 0.1) is 0 Å². The normalized spacial score (nSPS) is 10.0. The molecule has 2 heterocycles. The number of carbonyl (C=O) groups is 1. The fraction of sp³-hybridized carbons (Fsp3) is 0.100. The lowest BCUT2D eigenvalue weighted by Crippen LogP contribution is -2.28. The third-order valence-electron chi connectivity index (χ3n) is 1.98. The van der Waals surface area contributed by atoms with E-state index >= 15 is 0 Å². The van der Waals surface area contributed by atoms with E-state index in [1.54, 1.807) is 24.5 Å². The molecule has 82 valence electrons. The second-order valence-electron chi connectivity index (χ2n) is 3.13. The molecule has 0 aliphatic rings. The Balaban J connectivity index is 2.17. The molecule has 0 fully saturated rings. The standard InChI is InChI=1S/C10H10N4O2/c11-10(15)14-4-7-1-2-13-8(3-7)9-5-12-6-16-9/h1-3,5-6H,4H2,(H3,11,14,15). The van der Waals surface area contributed by atoms with Gasteiger partial charge in [0.25, 0.3) is 0 Å². The number of amides is 2. The predicted octanol–water partition coefficient (Wildman–Crippen LogP) is 0.905. The lowest BCUT2D eigenvalue weighted by atomic mass is 10.2. The summed E-state index contributed by atoms with van der Waals surface area (Å²) in [5.74, 6) is 0.584. The molecule has 0 bridgehead atoms. The highest BCUT2D eigenvalue weighted by molar-refractivity contribution is 5.71. The molecule has 2 aromatic rings. The van der Waals surface area contributed by atoms with Gasteiger partial charge in [-0.1, -0.05) is 0 Å². The summed E-state index contributed by atoms with van der Waals surface area (Å²) in [6, 6.07) is 3.03. The van der Waals surface area contributed by atoms with Gasteiger partial charge in [-0.05, 0) is 17.7 Å². The second-order valence-corrected chi connectivity index (χ2v) is 3.13. The highest BCUT2D eigenvalue weighted by atomic mass is 16.3. The highest BCUT2D eigenvalue weighted by Crippen LogP contribution is 2.16. The molecule has 3 N–H and O–H groups in total. The molecule has 0 saturated carbocycles. The second kappa shape index (κ2) is 4.43. The molecular formula is C10H10N4O2. The van der Waals surface area contributed by atoms with Crippen molar-refractivity contribution in [2.75, 3.05) is 0 Å². The number of nitrogens with zero attached hydrogens (tertiary/aromatic N) is 2. The number of rotatable bonds is 3. The van der Waals surface area contributed by atoms with Crippen LogP contribution < -0.4 is 11.1 Å². The SMILES string of the molecule is NC(=O)NCc1ccnc(-c2cnco2)c1. The quantitative estimate of drug-likeness (QED) is 0.800. The van der Waals surface area contributed by atoms with Gasteiger partial charge in [0.2, 0.25) is 0 Å². The number of hydrogen-bond acceptors (Lipinski definition) is 4. The molecule has 0 aliphatic heterocycles. The van der Waals surface area contributed by atoms with Crippen molar-refractivity contribution >= 4 is 6.03 Å².